The van der Waals surface area contributed by atoms with Gasteiger partial charge in [0, 0.05) is 12.2 Å². The Hall–Kier alpha value is -1.58. The second-order valence-electron chi connectivity index (χ2n) is 3.65. The summed E-state index contributed by atoms with van der Waals surface area (Å²) >= 11 is 0. The standard InChI is InChI=1S/C11H13NO3.C2H6/c1-15-11(14)9-6-8-4-2-3-5-12(8)10(9)7-13;1-2/h6-7H,2-5H2,1H3;1-2H3. The van der Waals surface area contributed by atoms with Crippen LogP contribution in [0.5, 0.6) is 0 Å². The van der Waals surface area contributed by atoms with Gasteiger partial charge >= 0.3 is 5.97 Å². The molecule has 0 spiro atoms. The Morgan fingerprint density at radius 1 is 1.41 bits per heavy atom. The van der Waals surface area contributed by atoms with E-state index in [9.17, 15) is 9.59 Å². The number of ether oxygens (including phenoxy) is 1. The van der Waals surface area contributed by atoms with E-state index in [1.54, 1.807) is 6.07 Å². The summed E-state index contributed by atoms with van der Waals surface area (Å²) in [6.07, 6.45) is 3.84. The van der Waals surface area contributed by atoms with Gasteiger partial charge in [-0.2, -0.15) is 0 Å². The van der Waals surface area contributed by atoms with Crippen LogP contribution in [0.3, 0.4) is 0 Å². The largest absolute Gasteiger partial charge is 0.465 e. The first-order chi connectivity index (χ1) is 8.27. The van der Waals surface area contributed by atoms with Crippen LogP contribution >= 0.6 is 0 Å². The average molecular weight is 237 g/mol. The van der Waals surface area contributed by atoms with Crippen LogP contribution in [0.15, 0.2) is 6.07 Å². The molecule has 0 unspecified atom stereocenters. The van der Waals surface area contributed by atoms with Crippen molar-refractivity contribution in [3.8, 4) is 0 Å². The van der Waals surface area contributed by atoms with E-state index in [0.29, 0.717) is 11.3 Å². The first-order valence-corrected chi connectivity index (χ1v) is 6.04. The summed E-state index contributed by atoms with van der Waals surface area (Å²) in [5.41, 5.74) is 1.91. The fourth-order valence-corrected chi connectivity index (χ4v) is 2.07. The van der Waals surface area contributed by atoms with Crippen molar-refractivity contribution in [2.75, 3.05) is 7.11 Å². The molecule has 4 nitrogen and oxygen atoms in total. The van der Waals surface area contributed by atoms with Gasteiger partial charge in [0.25, 0.3) is 0 Å². The van der Waals surface area contributed by atoms with Crippen LogP contribution < -0.4 is 0 Å². The van der Waals surface area contributed by atoms with Crippen molar-refractivity contribution in [2.45, 2.75) is 39.7 Å². The Labute approximate surface area is 102 Å². The molecule has 0 amide bonds. The van der Waals surface area contributed by atoms with Gasteiger partial charge in [-0.25, -0.2) is 4.79 Å². The van der Waals surface area contributed by atoms with Crippen molar-refractivity contribution < 1.29 is 14.3 Å². The molecule has 4 heteroatoms. The van der Waals surface area contributed by atoms with E-state index in [1.807, 2.05) is 18.4 Å². The van der Waals surface area contributed by atoms with Gasteiger partial charge in [-0.1, -0.05) is 13.8 Å². The summed E-state index contributed by atoms with van der Waals surface area (Å²) in [6.45, 7) is 4.82. The zero-order chi connectivity index (χ0) is 12.8. The zero-order valence-corrected chi connectivity index (χ0v) is 10.7. The summed E-state index contributed by atoms with van der Waals surface area (Å²) in [5, 5.41) is 0. The van der Waals surface area contributed by atoms with E-state index in [2.05, 4.69) is 4.74 Å². The van der Waals surface area contributed by atoms with Gasteiger partial charge in [0.1, 0.15) is 0 Å². The second kappa shape index (κ2) is 6.23. The smallest absolute Gasteiger partial charge is 0.340 e. The third-order valence-electron chi connectivity index (χ3n) is 2.81. The minimum absolute atomic E-state index is 0.393. The number of nitrogens with zero attached hydrogens (tertiary/aromatic N) is 1. The zero-order valence-electron chi connectivity index (χ0n) is 10.7. The molecule has 0 fully saturated rings. The number of rotatable bonds is 2. The molecule has 0 N–H and O–H groups in total. The number of hydrogen-bond donors (Lipinski definition) is 0. The minimum atomic E-state index is -0.431. The van der Waals surface area contributed by atoms with Crippen molar-refractivity contribution in [1.82, 2.24) is 4.57 Å². The van der Waals surface area contributed by atoms with Gasteiger partial charge in [0.15, 0.2) is 6.29 Å². The fourth-order valence-electron chi connectivity index (χ4n) is 2.07. The van der Waals surface area contributed by atoms with Crippen LogP contribution in [0.4, 0.5) is 0 Å². The lowest BCUT2D eigenvalue weighted by Gasteiger charge is -2.15. The van der Waals surface area contributed by atoms with Crippen molar-refractivity contribution >= 4 is 12.3 Å². The molecule has 94 valence electrons. The topological polar surface area (TPSA) is 48.3 Å². The lowest BCUT2D eigenvalue weighted by atomic mass is 10.1. The lowest BCUT2D eigenvalue weighted by Crippen LogP contribution is -2.13. The van der Waals surface area contributed by atoms with Crippen LogP contribution in [0.1, 0.15) is 53.2 Å². The number of carbonyl (C=O) groups excluding carboxylic acids is 2. The van der Waals surface area contributed by atoms with Gasteiger partial charge < -0.3 is 9.30 Å². The van der Waals surface area contributed by atoms with E-state index in [-0.39, 0.29) is 0 Å². The molecular formula is C13H19NO3. The van der Waals surface area contributed by atoms with E-state index >= 15 is 0 Å². The fraction of sp³-hybridized carbons (Fsp3) is 0.538. The van der Waals surface area contributed by atoms with E-state index in [4.69, 9.17) is 0 Å². The number of esters is 1. The Bertz CT molecular complexity index is 407. The average Bonchev–Trinajstić information content (AvgIpc) is 2.78. The summed E-state index contributed by atoms with van der Waals surface area (Å²) in [7, 11) is 1.33. The van der Waals surface area contributed by atoms with Gasteiger partial charge in [0.2, 0.25) is 0 Å². The first kappa shape index (κ1) is 13.5. The summed E-state index contributed by atoms with van der Waals surface area (Å²) in [5.74, 6) is -0.431. The Balaban J connectivity index is 0.000000686. The van der Waals surface area contributed by atoms with Crippen molar-refractivity contribution in [1.29, 1.82) is 0 Å². The number of carbonyl (C=O) groups is 2. The van der Waals surface area contributed by atoms with Gasteiger partial charge in [-0.05, 0) is 25.3 Å². The molecule has 1 aromatic heterocycles. The molecule has 0 bridgehead atoms. The van der Waals surface area contributed by atoms with Crippen molar-refractivity contribution in [3.05, 3.63) is 23.0 Å². The molecule has 0 aliphatic carbocycles. The number of fused-ring (bicyclic) bond motifs is 1. The Morgan fingerprint density at radius 2 is 2.12 bits per heavy atom. The normalized spacial score (nSPS) is 13.1. The van der Waals surface area contributed by atoms with Crippen LogP contribution in [0.25, 0.3) is 0 Å². The molecule has 2 rings (SSSR count). The molecule has 0 atom stereocenters. The monoisotopic (exact) mass is 237 g/mol. The predicted molar refractivity (Wildman–Crippen MR) is 65.4 cm³/mol. The maximum Gasteiger partial charge on any atom is 0.340 e. The first-order valence-electron chi connectivity index (χ1n) is 6.04. The molecule has 1 aliphatic heterocycles. The molecular weight excluding hydrogens is 218 g/mol. The van der Waals surface area contributed by atoms with Crippen molar-refractivity contribution in [2.24, 2.45) is 0 Å². The molecule has 17 heavy (non-hydrogen) atoms. The molecule has 0 saturated heterocycles. The van der Waals surface area contributed by atoms with Crippen LogP contribution in [-0.2, 0) is 17.7 Å². The number of methoxy groups -OCH3 is 1. The van der Waals surface area contributed by atoms with Gasteiger partial charge in [-0.15, -0.1) is 0 Å². The van der Waals surface area contributed by atoms with Crippen LogP contribution in [0.2, 0.25) is 0 Å². The van der Waals surface area contributed by atoms with Crippen molar-refractivity contribution in [3.63, 3.8) is 0 Å². The number of aryl methyl sites for hydroxylation is 1. The molecule has 2 heterocycles. The molecule has 1 aromatic rings. The molecule has 1 aliphatic rings. The summed E-state index contributed by atoms with van der Waals surface area (Å²) in [4.78, 5) is 22.4. The van der Waals surface area contributed by atoms with E-state index in [1.165, 1.54) is 7.11 Å². The SMILES string of the molecule is CC.COC(=O)c1cc2n(c1C=O)CCCC2. The summed E-state index contributed by atoms with van der Waals surface area (Å²) in [6, 6.07) is 1.77. The highest BCUT2D eigenvalue weighted by Gasteiger charge is 2.21. The third kappa shape index (κ3) is 2.57. The highest BCUT2D eigenvalue weighted by molar-refractivity contribution is 5.97. The second-order valence-corrected chi connectivity index (χ2v) is 3.65. The van der Waals surface area contributed by atoms with Gasteiger partial charge in [0.05, 0.1) is 18.4 Å². The van der Waals surface area contributed by atoms with E-state index in [0.717, 1.165) is 37.8 Å². The molecule has 0 aromatic carbocycles. The van der Waals surface area contributed by atoms with Crippen LogP contribution in [0, 0.1) is 0 Å². The highest BCUT2D eigenvalue weighted by atomic mass is 16.5. The Morgan fingerprint density at radius 3 is 2.71 bits per heavy atom. The molecule has 0 saturated carbocycles. The third-order valence-corrected chi connectivity index (χ3v) is 2.81. The van der Waals surface area contributed by atoms with Gasteiger partial charge in [-0.3, -0.25) is 4.79 Å². The number of aromatic nitrogens is 1. The number of aldehydes is 1. The molecule has 0 radical (unpaired) electrons. The van der Waals surface area contributed by atoms with Crippen LogP contribution in [-0.4, -0.2) is 23.9 Å². The summed E-state index contributed by atoms with van der Waals surface area (Å²) < 4.78 is 6.56. The van der Waals surface area contributed by atoms with E-state index < -0.39 is 5.97 Å². The lowest BCUT2D eigenvalue weighted by molar-refractivity contribution is 0.0598. The number of hydrogen-bond acceptors (Lipinski definition) is 3. The maximum absolute atomic E-state index is 11.4. The quantitative estimate of drug-likeness (QED) is 0.586. The maximum atomic E-state index is 11.4. The highest BCUT2D eigenvalue weighted by Crippen LogP contribution is 2.22. The Kier molecular flexibility index (Phi) is 4.94. The minimum Gasteiger partial charge on any atom is -0.465 e. The predicted octanol–water partition coefficient (Wildman–Crippen LogP) is 2.45.